The molecule has 5 nitrogen and oxygen atoms in total. The van der Waals surface area contributed by atoms with E-state index in [1.165, 1.54) is 4.90 Å². The molecule has 17 heavy (non-hydrogen) atoms. The van der Waals surface area contributed by atoms with Gasteiger partial charge in [0.2, 0.25) is 0 Å². The normalized spacial score (nSPS) is 11.5. The van der Waals surface area contributed by atoms with E-state index in [1.807, 2.05) is 13.5 Å². The van der Waals surface area contributed by atoms with Crippen molar-refractivity contribution in [2.75, 3.05) is 27.3 Å². The first-order valence-corrected chi connectivity index (χ1v) is 8.59. The minimum absolute atomic E-state index is 0.554. The molecule has 102 valence electrons. The van der Waals surface area contributed by atoms with Crippen LogP contribution in [0.5, 0.6) is 0 Å². The Bertz CT molecular complexity index is 222. The Kier molecular flexibility index (Phi) is 8.19. The second-order valence-electron chi connectivity index (χ2n) is 4.21. The molecule has 0 bridgehead atoms. The van der Waals surface area contributed by atoms with E-state index in [2.05, 4.69) is 0 Å². The number of carbonyl (C=O) groups is 1. The van der Waals surface area contributed by atoms with Gasteiger partial charge in [0, 0.05) is 27.3 Å². The maximum absolute atomic E-state index is 10.7. The van der Waals surface area contributed by atoms with Crippen molar-refractivity contribution in [3.63, 3.8) is 0 Å². The van der Waals surface area contributed by atoms with E-state index in [9.17, 15) is 4.79 Å². The zero-order valence-corrected chi connectivity index (χ0v) is 12.4. The fourth-order valence-electron chi connectivity index (χ4n) is 1.60. The molecule has 0 aliphatic rings. The third kappa shape index (κ3) is 6.65. The Balaban J connectivity index is 3.68. The molecule has 0 aliphatic carbocycles. The smallest absolute Gasteiger partial charge is 0.407 e. The van der Waals surface area contributed by atoms with Crippen LogP contribution >= 0.6 is 0 Å². The monoisotopic (exact) mass is 263 g/mol. The van der Waals surface area contributed by atoms with E-state index in [0.717, 1.165) is 25.3 Å². The van der Waals surface area contributed by atoms with E-state index < -0.39 is 14.7 Å². The van der Waals surface area contributed by atoms with E-state index in [1.54, 1.807) is 14.2 Å². The van der Waals surface area contributed by atoms with Gasteiger partial charge in [0.05, 0.1) is 0 Å². The maximum Gasteiger partial charge on any atom is 0.407 e. The van der Waals surface area contributed by atoms with Gasteiger partial charge < -0.3 is 18.9 Å². The molecule has 6 heteroatoms. The molecule has 0 aliphatic heterocycles. The first-order chi connectivity index (χ1) is 7.99. The Morgan fingerprint density at radius 1 is 1.24 bits per heavy atom. The predicted octanol–water partition coefficient (Wildman–Crippen LogP) is 2.52. The van der Waals surface area contributed by atoms with Crippen LogP contribution in [0.1, 0.15) is 26.2 Å². The van der Waals surface area contributed by atoms with Gasteiger partial charge in [-0.2, -0.15) is 0 Å². The lowest BCUT2D eigenvalue weighted by Gasteiger charge is -2.22. The highest BCUT2D eigenvalue weighted by Gasteiger charge is 2.27. The van der Waals surface area contributed by atoms with E-state index in [0.29, 0.717) is 13.1 Å². The van der Waals surface area contributed by atoms with E-state index in [4.69, 9.17) is 14.0 Å². The van der Waals surface area contributed by atoms with E-state index >= 15 is 0 Å². The van der Waals surface area contributed by atoms with Gasteiger partial charge in [-0.1, -0.05) is 12.8 Å². The summed E-state index contributed by atoms with van der Waals surface area (Å²) in [7, 11) is 1.45. The standard InChI is InChI=1S/C11H25NO4Si/c1-5-12(11(13)14)9-7-6-8-10-17(4,15-2)16-3/h5-10H2,1-4H3,(H,13,14). The molecular formula is C11H25NO4Si. The summed E-state index contributed by atoms with van der Waals surface area (Å²) >= 11 is 0. The first-order valence-electron chi connectivity index (χ1n) is 6.07. The third-order valence-corrected chi connectivity index (χ3v) is 6.06. The molecule has 0 aromatic carbocycles. The van der Waals surface area contributed by atoms with Gasteiger partial charge in [-0.25, -0.2) is 4.79 Å². The summed E-state index contributed by atoms with van der Waals surface area (Å²) in [6, 6.07) is 0.958. The Labute approximate surface area is 105 Å². The summed E-state index contributed by atoms with van der Waals surface area (Å²) in [5.41, 5.74) is 0. The van der Waals surface area contributed by atoms with Crippen LogP contribution in [0, 0.1) is 0 Å². The first kappa shape index (κ1) is 16.4. The quantitative estimate of drug-likeness (QED) is 0.513. The van der Waals surface area contributed by atoms with Crippen molar-refractivity contribution >= 4 is 14.7 Å². The van der Waals surface area contributed by atoms with Gasteiger partial charge in [0.25, 0.3) is 0 Å². The molecule has 0 atom stereocenters. The Hall–Kier alpha value is -0.593. The van der Waals surface area contributed by atoms with Gasteiger partial charge in [-0.05, 0) is 25.9 Å². The number of carboxylic acid groups (broad SMARTS) is 1. The minimum Gasteiger partial charge on any atom is -0.465 e. The average Bonchev–Trinajstić information content (AvgIpc) is 2.33. The average molecular weight is 263 g/mol. The molecule has 0 radical (unpaired) electrons. The highest BCUT2D eigenvalue weighted by molar-refractivity contribution is 6.65. The SMILES string of the molecule is CCN(CCCCC[Si](C)(OC)OC)C(=O)O. The van der Waals surface area contributed by atoms with Crippen molar-refractivity contribution in [2.24, 2.45) is 0 Å². The van der Waals surface area contributed by atoms with Crippen molar-refractivity contribution < 1.29 is 18.8 Å². The number of amides is 1. The molecule has 0 aromatic rings. The van der Waals surface area contributed by atoms with Crippen molar-refractivity contribution in [3.8, 4) is 0 Å². The van der Waals surface area contributed by atoms with Gasteiger partial charge in [0.1, 0.15) is 0 Å². The third-order valence-electron chi connectivity index (χ3n) is 3.07. The summed E-state index contributed by atoms with van der Waals surface area (Å²) in [4.78, 5) is 12.2. The topological polar surface area (TPSA) is 59.0 Å². The molecule has 0 spiro atoms. The number of rotatable bonds is 9. The molecule has 0 saturated carbocycles. The van der Waals surface area contributed by atoms with Gasteiger partial charge >= 0.3 is 14.7 Å². The lowest BCUT2D eigenvalue weighted by atomic mass is 10.2. The van der Waals surface area contributed by atoms with Crippen LogP contribution in [-0.4, -0.2) is 52.0 Å². The number of nitrogens with zero attached hydrogens (tertiary/aromatic N) is 1. The fourth-order valence-corrected chi connectivity index (χ4v) is 3.07. The molecule has 0 saturated heterocycles. The minimum atomic E-state index is -1.93. The fraction of sp³-hybridized carbons (Fsp3) is 0.909. The summed E-state index contributed by atoms with van der Waals surface area (Å²) in [5.74, 6) is 0. The lowest BCUT2D eigenvalue weighted by Crippen LogP contribution is -2.35. The molecule has 1 amide bonds. The number of hydrogen-bond acceptors (Lipinski definition) is 3. The van der Waals surface area contributed by atoms with Crippen LogP contribution in [-0.2, 0) is 8.85 Å². The highest BCUT2D eigenvalue weighted by atomic mass is 28.4. The van der Waals surface area contributed by atoms with Crippen LogP contribution in [0.4, 0.5) is 4.79 Å². The van der Waals surface area contributed by atoms with Crippen molar-refractivity contribution in [3.05, 3.63) is 0 Å². The second-order valence-corrected chi connectivity index (χ2v) is 7.80. The molecule has 0 aromatic heterocycles. The molecular weight excluding hydrogens is 238 g/mol. The van der Waals surface area contributed by atoms with Crippen LogP contribution in [0.25, 0.3) is 0 Å². The second kappa shape index (κ2) is 8.49. The van der Waals surface area contributed by atoms with Crippen LogP contribution < -0.4 is 0 Å². The van der Waals surface area contributed by atoms with Gasteiger partial charge in [0.15, 0.2) is 0 Å². The highest BCUT2D eigenvalue weighted by Crippen LogP contribution is 2.16. The van der Waals surface area contributed by atoms with Crippen molar-refractivity contribution in [2.45, 2.75) is 38.8 Å². The van der Waals surface area contributed by atoms with Crippen LogP contribution in [0.2, 0.25) is 12.6 Å². The zero-order chi connectivity index (χ0) is 13.3. The van der Waals surface area contributed by atoms with Gasteiger partial charge in [-0.3, -0.25) is 0 Å². The lowest BCUT2D eigenvalue weighted by molar-refractivity contribution is 0.146. The number of hydrogen-bond donors (Lipinski definition) is 1. The summed E-state index contributed by atoms with van der Waals surface area (Å²) < 4.78 is 10.8. The molecule has 0 fully saturated rings. The maximum atomic E-state index is 10.7. The van der Waals surface area contributed by atoms with Crippen LogP contribution in [0.3, 0.4) is 0 Å². The molecule has 0 heterocycles. The summed E-state index contributed by atoms with van der Waals surface area (Å²) in [5, 5.41) is 8.83. The Morgan fingerprint density at radius 2 is 1.82 bits per heavy atom. The molecule has 1 N–H and O–H groups in total. The van der Waals surface area contributed by atoms with Crippen LogP contribution in [0.15, 0.2) is 0 Å². The number of unbranched alkanes of at least 4 members (excludes halogenated alkanes) is 2. The van der Waals surface area contributed by atoms with Crippen molar-refractivity contribution in [1.29, 1.82) is 0 Å². The largest absolute Gasteiger partial charge is 0.465 e. The Morgan fingerprint density at radius 3 is 2.24 bits per heavy atom. The van der Waals surface area contributed by atoms with Crippen molar-refractivity contribution in [1.82, 2.24) is 4.90 Å². The van der Waals surface area contributed by atoms with E-state index in [-0.39, 0.29) is 0 Å². The molecule has 0 rings (SSSR count). The molecule has 0 unspecified atom stereocenters. The summed E-state index contributed by atoms with van der Waals surface area (Å²) in [6.07, 6.45) is 2.11. The van der Waals surface area contributed by atoms with Gasteiger partial charge in [-0.15, -0.1) is 0 Å². The summed E-state index contributed by atoms with van der Waals surface area (Å²) in [6.45, 7) is 5.07. The zero-order valence-electron chi connectivity index (χ0n) is 11.4. The predicted molar refractivity (Wildman–Crippen MR) is 69.6 cm³/mol.